The molecule has 23 heavy (non-hydrogen) atoms. The number of hydrogen-bond acceptors (Lipinski definition) is 3. The number of piperidine rings is 3. The zero-order chi connectivity index (χ0) is 15.3. The number of carbonyl (C=O) groups excluding carboxylic acids is 1. The Hall–Kier alpha value is -1.59. The van der Waals surface area contributed by atoms with Gasteiger partial charge < -0.3 is 5.32 Å². The molecule has 124 valence electrons. The van der Waals surface area contributed by atoms with Crippen LogP contribution in [0.2, 0.25) is 0 Å². The Bertz CT molecular complexity index is 718. The molecule has 0 aliphatic carbocycles. The summed E-state index contributed by atoms with van der Waals surface area (Å²) in [5.41, 5.74) is 1.42. The fraction of sp³-hybridized carbons (Fsp3) is 0.529. The number of H-pyrrole nitrogens is 1. The predicted octanol–water partition coefficient (Wildman–Crippen LogP) is 2.59. The fourth-order valence-corrected chi connectivity index (χ4v) is 4.22. The molecule has 2 N–H and O–H groups in total. The van der Waals surface area contributed by atoms with E-state index >= 15 is 0 Å². The molecule has 1 atom stereocenters. The van der Waals surface area contributed by atoms with Crippen molar-refractivity contribution >= 4 is 29.2 Å². The Labute approximate surface area is 142 Å². The lowest BCUT2D eigenvalue weighted by Gasteiger charge is -2.56. The lowest BCUT2D eigenvalue weighted by molar-refractivity contribution is -0.0378. The monoisotopic (exact) mass is 334 g/mol. The molecule has 0 saturated carbocycles. The number of nitrogens with one attached hydrogen (secondary N) is 2. The molecule has 5 rings (SSSR count). The Kier molecular flexibility index (Phi) is 4.10. The van der Waals surface area contributed by atoms with Crippen LogP contribution in [0.15, 0.2) is 24.3 Å². The molecular weight excluding hydrogens is 312 g/mol. The van der Waals surface area contributed by atoms with Crippen LogP contribution >= 0.6 is 12.4 Å². The van der Waals surface area contributed by atoms with E-state index in [1.807, 2.05) is 24.3 Å². The highest BCUT2D eigenvalue weighted by Gasteiger charge is 2.48. The normalized spacial score (nSPS) is 28.3. The molecule has 2 aromatic rings. The van der Waals surface area contributed by atoms with Gasteiger partial charge in [-0.2, -0.15) is 5.10 Å². The zero-order valence-electron chi connectivity index (χ0n) is 13.5. The second-order valence-corrected chi connectivity index (χ2v) is 7.05. The van der Waals surface area contributed by atoms with Gasteiger partial charge in [-0.05, 0) is 51.8 Å². The number of halogens is 1. The van der Waals surface area contributed by atoms with E-state index in [0.29, 0.717) is 11.6 Å². The first-order valence-electron chi connectivity index (χ1n) is 8.06. The van der Waals surface area contributed by atoms with Gasteiger partial charge in [0.1, 0.15) is 0 Å². The number of nitrogens with zero attached hydrogens (tertiary/aromatic N) is 2. The van der Waals surface area contributed by atoms with Gasteiger partial charge in [-0.3, -0.25) is 14.8 Å². The molecule has 4 heterocycles. The molecule has 3 aliphatic rings. The Balaban J connectivity index is 0.00000156. The summed E-state index contributed by atoms with van der Waals surface area (Å²) in [5, 5.41) is 11.3. The average Bonchev–Trinajstić information content (AvgIpc) is 2.95. The van der Waals surface area contributed by atoms with Gasteiger partial charge in [-0.1, -0.05) is 18.2 Å². The van der Waals surface area contributed by atoms with E-state index in [9.17, 15) is 4.79 Å². The van der Waals surface area contributed by atoms with Gasteiger partial charge in [0, 0.05) is 17.0 Å². The maximum Gasteiger partial charge on any atom is 0.272 e. The van der Waals surface area contributed by atoms with Gasteiger partial charge in [0.2, 0.25) is 0 Å². The number of amides is 1. The zero-order valence-corrected chi connectivity index (χ0v) is 14.3. The number of benzene rings is 1. The molecule has 1 aromatic carbocycles. The second kappa shape index (κ2) is 5.80. The maximum absolute atomic E-state index is 12.7. The van der Waals surface area contributed by atoms with Crippen LogP contribution in [-0.2, 0) is 0 Å². The molecule has 2 bridgehead atoms. The summed E-state index contributed by atoms with van der Waals surface area (Å²) >= 11 is 0. The second-order valence-electron chi connectivity index (χ2n) is 7.05. The highest BCUT2D eigenvalue weighted by atomic mass is 35.5. The smallest absolute Gasteiger partial charge is 0.272 e. The Morgan fingerprint density at radius 3 is 2.70 bits per heavy atom. The number of hydrogen-bond donors (Lipinski definition) is 2. The number of carbonyl (C=O) groups is 1. The van der Waals surface area contributed by atoms with Crippen molar-refractivity contribution in [2.75, 3.05) is 13.1 Å². The molecule has 1 amide bonds. The van der Waals surface area contributed by atoms with Gasteiger partial charge >= 0.3 is 0 Å². The van der Waals surface area contributed by atoms with Crippen molar-refractivity contribution in [1.29, 1.82) is 0 Å². The van der Waals surface area contributed by atoms with Gasteiger partial charge in [-0.15, -0.1) is 12.4 Å². The van der Waals surface area contributed by atoms with Crippen LogP contribution in [-0.4, -0.2) is 45.7 Å². The minimum Gasteiger partial charge on any atom is -0.346 e. The molecule has 1 unspecified atom stereocenters. The lowest BCUT2D eigenvalue weighted by atomic mass is 9.72. The molecular formula is C17H23ClN4O. The summed E-state index contributed by atoms with van der Waals surface area (Å²) < 4.78 is 0. The molecule has 3 fully saturated rings. The van der Waals surface area contributed by atoms with Crippen molar-refractivity contribution in [3.63, 3.8) is 0 Å². The summed E-state index contributed by atoms with van der Waals surface area (Å²) in [6.07, 6.45) is 2.35. The van der Waals surface area contributed by atoms with E-state index in [0.717, 1.165) is 24.0 Å². The van der Waals surface area contributed by atoms with E-state index in [1.165, 1.54) is 12.8 Å². The summed E-state index contributed by atoms with van der Waals surface area (Å²) in [7, 11) is 0. The minimum absolute atomic E-state index is 0. The Morgan fingerprint density at radius 1 is 1.30 bits per heavy atom. The van der Waals surface area contributed by atoms with Crippen LogP contribution in [0.5, 0.6) is 0 Å². The molecule has 0 spiro atoms. The van der Waals surface area contributed by atoms with Crippen LogP contribution in [0, 0.1) is 5.92 Å². The molecule has 0 radical (unpaired) electrons. The van der Waals surface area contributed by atoms with Crippen molar-refractivity contribution in [1.82, 2.24) is 20.4 Å². The van der Waals surface area contributed by atoms with Crippen LogP contribution < -0.4 is 5.32 Å². The molecule has 6 heteroatoms. The minimum atomic E-state index is -0.0655. The summed E-state index contributed by atoms with van der Waals surface area (Å²) in [4.78, 5) is 15.2. The third-order valence-electron chi connectivity index (χ3n) is 5.56. The number of para-hydroxylation sites is 1. The van der Waals surface area contributed by atoms with Gasteiger partial charge in [0.05, 0.1) is 5.52 Å². The van der Waals surface area contributed by atoms with E-state index in [-0.39, 0.29) is 29.9 Å². The van der Waals surface area contributed by atoms with Crippen molar-refractivity contribution in [2.24, 2.45) is 5.92 Å². The summed E-state index contributed by atoms with van der Waals surface area (Å²) in [6, 6.07) is 7.95. The number of rotatable bonds is 2. The summed E-state index contributed by atoms with van der Waals surface area (Å²) in [6.45, 7) is 6.78. The van der Waals surface area contributed by atoms with E-state index in [4.69, 9.17) is 0 Å². The first-order chi connectivity index (χ1) is 10.6. The molecule has 5 nitrogen and oxygen atoms in total. The molecule has 3 aliphatic heterocycles. The van der Waals surface area contributed by atoms with Crippen LogP contribution in [0.25, 0.3) is 10.9 Å². The first-order valence-corrected chi connectivity index (χ1v) is 8.06. The van der Waals surface area contributed by atoms with Gasteiger partial charge in [0.15, 0.2) is 5.69 Å². The fourth-order valence-electron chi connectivity index (χ4n) is 4.22. The van der Waals surface area contributed by atoms with Crippen molar-refractivity contribution in [3.05, 3.63) is 30.0 Å². The van der Waals surface area contributed by atoms with Gasteiger partial charge in [0.25, 0.3) is 5.91 Å². The quantitative estimate of drug-likeness (QED) is 0.887. The van der Waals surface area contributed by atoms with Crippen molar-refractivity contribution < 1.29 is 4.79 Å². The Morgan fingerprint density at radius 2 is 2.00 bits per heavy atom. The summed E-state index contributed by atoms with van der Waals surface area (Å²) in [5.74, 6) is 0.512. The molecule has 3 saturated heterocycles. The van der Waals surface area contributed by atoms with Gasteiger partial charge in [-0.25, -0.2) is 0 Å². The average molecular weight is 335 g/mol. The largest absolute Gasteiger partial charge is 0.346 e. The lowest BCUT2D eigenvalue weighted by Crippen LogP contribution is -2.69. The first kappa shape index (κ1) is 16.3. The SMILES string of the molecule is CC1(C)C(NC(=O)c2n[nH]c3ccccc23)C2CCN1CC2.Cl. The third kappa shape index (κ3) is 2.52. The molecule has 1 aromatic heterocycles. The number of fused-ring (bicyclic) bond motifs is 4. The number of aromatic nitrogens is 2. The predicted molar refractivity (Wildman–Crippen MR) is 93.0 cm³/mol. The highest BCUT2D eigenvalue weighted by molar-refractivity contribution is 6.04. The third-order valence-corrected chi connectivity index (χ3v) is 5.56. The van der Waals surface area contributed by atoms with E-state index in [1.54, 1.807) is 0 Å². The maximum atomic E-state index is 12.7. The van der Waals surface area contributed by atoms with E-state index in [2.05, 4.69) is 34.3 Å². The topological polar surface area (TPSA) is 61.0 Å². The van der Waals surface area contributed by atoms with E-state index < -0.39 is 0 Å². The van der Waals surface area contributed by atoms with Crippen LogP contribution in [0.3, 0.4) is 0 Å². The van der Waals surface area contributed by atoms with Crippen molar-refractivity contribution in [3.8, 4) is 0 Å². The van der Waals surface area contributed by atoms with Crippen LogP contribution in [0.1, 0.15) is 37.2 Å². The number of aromatic amines is 1. The standard InChI is InChI=1S/C17H22N4O.ClH/c1-17(2)15(11-7-9-21(17)10-8-11)18-16(22)14-12-5-3-4-6-13(12)19-20-14;/h3-6,11,15H,7-10H2,1-2H3,(H,18,22)(H,19,20);1H. The van der Waals surface area contributed by atoms with Crippen LogP contribution in [0.4, 0.5) is 0 Å². The van der Waals surface area contributed by atoms with Crippen molar-refractivity contribution in [2.45, 2.75) is 38.3 Å². The highest BCUT2D eigenvalue weighted by Crippen LogP contribution is 2.39.